The lowest BCUT2D eigenvalue weighted by Gasteiger charge is -2.14. The Labute approximate surface area is 106 Å². The maximum atomic E-state index is 12.4. The summed E-state index contributed by atoms with van der Waals surface area (Å²) in [6, 6.07) is 0.00306. The van der Waals surface area contributed by atoms with E-state index in [1.807, 2.05) is 0 Å². The van der Waals surface area contributed by atoms with E-state index in [1.165, 1.54) is 0 Å². The predicted molar refractivity (Wildman–Crippen MR) is 53.2 cm³/mol. The maximum Gasteiger partial charge on any atom is 0.454 e. The minimum Gasteiger partial charge on any atom is -0.478 e. The van der Waals surface area contributed by atoms with E-state index in [-0.39, 0.29) is 12.1 Å². The number of halogens is 6. The van der Waals surface area contributed by atoms with Crippen LogP contribution in [0.3, 0.4) is 0 Å². The van der Waals surface area contributed by atoms with Gasteiger partial charge < -0.3 is 10.8 Å². The van der Waals surface area contributed by atoms with Crippen LogP contribution in [0.25, 0.3) is 0 Å². The lowest BCUT2D eigenvalue weighted by molar-refractivity contribution is -0.137. The lowest BCUT2D eigenvalue weighted by Crippen LogP contribution is -2.27. The summed E-state index contributed by atoms with van der Waals surface area (Å²) in [5, 5.41) is 8.65. The van der Waals surface area contributed by atoms with E-state index in [1.54, 1.807) is 0 Å². The fourth-order valence-electron chi connectivity index (χ4n) is 1.39. The topological polar surface area (TPSA) is 80.4 Å². The van der Waals surface area contributed by atoms with Gasteiger partial charge in [-0.25, -0.2) is 4.79 Å². The molecule has 1 rings (SSSR count). The van der Waals surface area contributed by atoms with E-state index in [9.17, 15) is 35.9 Å². The van der Waals surface area contributed by atoms with Gasteiger partial charge in [0, 0.05) is 5.69 Å². The van der Waals surface area contributed by atoms with Crippen LogP contribution in [0.5, 0.6) is 0 Å². The zero-order valence-electron chi connectivity index (χ0n) is 9.26. The van der Waals surface area contributed by atoms with Crippen molar-refractivity contribution in [2.45, 2.75) is 12.4 Å². The summed E-state index contributed by atoms with van der Waals surface area (Å²) in [5.41, 5.74) is -0.777. The zero-order valence-corrected chi connectivity index (χ0v) is 9.26. The highest BCUT2D eigenvalue weighted by atomic mass is 19.4. The summed E-state index contributed by atoms with van der Waals surface area (Å²) in [6.45, 7) is 0. The molecule has 3 N–H and O–H groups in total. The average Bonchev–Trinajstić information content (AvgIpc) is 2.24. The second kappa shape index (κ2) is 4.69. The first-order valence-electron chi connectivity index (χ1n) is 4.71. The van der Waals surface area contributed by atoms with Crippen molar-refractivity contribution < 1.29 is 41.0 Å². The van der Waals surface area contributed by atoms with Crippen LogP contribution in [-0.2, 0) is 6.18 Å². The number of carboxylic acids is 1. The normalized spacial score (nSPS) is 12.3. The molecule has 0 heterocycles. The number of hydrogen-bond donors (Lipinski definition) is 2. The summed E-state index contributed by atoms with van der Waals surface area (Å²) in [7, 11) is 0. The summed E-state index contributed by atoms with van der Waals surface area (Å²) in [6.07, 6.45) is -10.5. The number of anilines is 1. The molecule has 0 spiro atoms. The molecule has 1 aromatic rings. The monoisotopic (exact) mass is 301 g/mol. The van der Waals surface area contributed by atoms with Crippen molar-refractivity contribution in [1.82, 2.24) is 0 Å². The highest BCUT2D eigenvalue weighted by Crippen LogP contribution is 2.35. The molecule has 0 aliphatic carbocycles. The minimum atomic E-state index is -5.46. The Kier molecular flexibility index (Phi) is 3.70. The molecule has 20 heavy (non-hydrogen) atoms. The third-order valence-electron chi connectivity index (χ3n) is 2.21. The molecule has 10 heteroatoms. The number of aromatic carboxylic acids is 1. The van der Waals surface area contributed by atoms with Crippen LogP contribution in [0.4, 0.5) is 32.0 Å². The Bertz CT molecular complexity index is 576. The van der Waals surface area contributed by atoms with E-state index in [4.69, 9.17) is 10.8 Å². The average molecular weight is 301 g/mol. The molecule has 0 amide bonds. The number of hydrogen-bond acceptors (Lipinski definition) is 3. The molecule has 0 saturated heterocycles. The smallest absolute Gasteiger partial charge is 0.454 e. The quantitative estimate of drug-likeness (QED) is 0.500. The van der Waals surface area contributed by atoms with Gasteiger partial charge in [-0.05, 0) is 12.1 Å². The lowest BCUT2D eigenvalue weighted by atomic mass is 9.97. The van der Waals surface area contributed by atoms with Gasteiger partial charge in [-0.1, -0.05) is 0 Å². The van der Waals surface area contributed by atoms with E-state index < -0.39 is 46.5 Å². The molecule has 0 saturated carbocycles. The Morgan fingerprint density at radius 1 is 1.05 bits per heavy atom. The number of ketones is 1. The van der Waals surface area contributed by atoms with Gasteiger partial charge in [0.25, 0.3) is 5.78 Å². The summed E-state index contributed by atoms with van der Waals surface area (Å²) in [4.78, 5) is 21.8. The molecule has 1 aromatic carbocycles. The van der Waals surface area contributed by atoms with Crippen molar-refractivity contribution in [3.63, 3.8) is 0 Å². The standard InChI is InChI=1S/C10H5F6NO3/c11-9(12,13)3-1-4(8(19)20)6(5(17)2-3)7(18)10(14,15)16/h1-2H,17H2,(H,19,20). The molecule has 0 atom stereocenters. The van der Waals surface area contributed by atoms with Crippen LogP contribution >= 0.6 is 0 Å². The summed E-state index contributed by atoms with van der Waals surface area (Å²) < 4.78 is 74.1. The van der Waals surface area contributed by atoms with E-state index >= 15 is 0 Å². The van der Waals surface area contributed by atoms with Crippen molar-refractivity contribution >= 4 is 17.4 Å². The molecule has 0 aromatic heterocycles. The zero-order chi connectivity index (χ0) is 15.9. The predicted octanol–water partition coefficient (Wildman–Crippen LogP) is 2.73. The van der Waals surface area contributed by atoms with Crippen LogP contribution in [-0.4, -0.2) is 23.0 Å². The molecule has 0 bridgehead atoms. The van der Waals surface area contributed by atoms with Gasteiger partial charge in [0.15, 0.2) is 0 Å². The first kappa shape index (κ1) is 15.8. The maximum absolute atomic E-state index is 12.4. The Morgan fingerprint density at radius 3 is 1.90 bits per heavy atom. The van der Waals surface area contributed by atoms with Gasteiger partial charge in [-0.2, -0.15) is 26.3 Å². The molecule has 0 aliphatic heterocycles. The second-order valence-corrected chi connectivity index (χ2v) is 3.62. The second-order valence-electron chi connectivity index (χ2n) is 3.62. The largest absolute Gasteiger partial charge is 0.478 e. The van der Waals surface area contributed by atoms with Gasteiger partial charge in [0.05, 0.1) is 16.7 Å². The molecule has 4 nitrogen and oxygen atoms in total. The van der Waals surface area contributed by atoms with Gasteiger partial charge >= 0.3 is 18.3 Å². The summed E-state index contributed by atoms with van der Waals surface area (Å²) >= 11 is 0. The highest BCUT2D eigenvalue weighted by molar-refractivity contribution is 6.12. The SMILES string of the molecule is Nc1cc(C(F)(F)F)cc(C(=O)O)c1C(=O)C(F)(F)F. The van der Waals surface area contributed by atoms with Crippen molar-refractivity contribution in [3.05, 3.63) is 28.8 Å². The number of alkyl halides is 6. The summed E-state index contributed by atoms with van der Waals surface area (Å²) in [5.74, 6) is -4.75. The molecular formula is C10H5F6NO3. The number of carbonyl (C=O) groups excluding carboxylic acids is 1. The van der Waals surface area contributed by atoms with Gasteiger partial charge in [0.1, 0.15) is 0 Å². The molecule has 0 radical (unpaired) electrons. The Balaban J connectivity index is 3.62. The third kappa shape index (κ3) is 3.00. The Hall–Kier alpha value is -2.26. The van der Waals surface area contributed by atoms with Crippen molar-refractivity contribution in [1.29, 1.82) is 0 Å². The van der Waals surface area contributed by atoms with Crippen LogP contribution < -0.4 is 5.73 Å². The van der Waals surface area contributed by atoms with Crippen molar-refractivity contribution in [2.75, 3.05) is 5.73 Å². The first-order valence-corrected chi connectivity index (χ1v) is 4.71. The minimum absolute atomic E-state index is 0.0718. The van der Waals surface area contributed by atoms with Gasteiger partial charge in [0.2, 0.25) is 0 Å². The van der Waals surface area contributed by atoms with Crippen molar-refractivity contribution in [3.8, 4) is 0 Å². The Morgan fingerprint density at radius 2 is 1.55 bits per heavy atom. The molecular weight excluding hydrogens is 296 g/mol. The highest BCUT2D eigenvalue weighted by Gasteiger charge is 2.43. The van der Waals surface area contributed by atoms with E-state index in [0.717, 1.165) is 0 Å². The fraction of sp³-hybridized carbons (Fsp3) is 0.200. The molecule has 110 valence electrons. The first-order chi connectivity index (χ1) is 8.85. The number of rotatable bonds is 2. The number of carboxylic acid groups (broad SMARTS) is 1. The van der Waals surface area contributed by atoms with E-state index in [2.05, 4.69) is 0 Å². The van der Waals surface area contributed by atoms with Crippen LogP contribution in [0.1, 0.15) is 26.3 Å². The van der Waals surface area contributed by atoms with Crippen molar-refractivity contribution in [2.24, 2.45) is 0 Å². The molecule has 0 aliphatic rings. The molecule has 0 fully saturated rings. The number of Topliss-reactive ketones (excluding diaryl/α,β-unsaturated/α-hetero) is 1. The number of nitrogens with two attached hydrogens (primary N) is 1. The van der Waals surface area contributed by atoms with Gasteiger partial charge in [-0.3, -0.25) is 4.79 Å². The molecule has 0 unspecified atom stereocenters. The third-order valence-corrected chi connectivity index (χ3v) is 2.21. The van der Waals surface area contributed by atoms with Crippen LogP contribution in [0.2, 0.25) is 0 Å². The number of benzene rings is 1. The van der Waals surface area contributed by atoms with Gasteiger partial charge in [-0.15, -0.1) is 0 Å². The van der Waals surface area contributed by atoms with Crippen LogP contribution in [0.15, 0.2) is 12.1 Å². The number of nitrogen functional groups attached to an aromatic ring is 1. The van der Waals surface area contributed by atoms with E-state index in [0.29, 0.717) is 0 Å². The fourth-order valence-corrected chi connectivity index (χ4v) is 1.39. The van der Waals surface area contributed by atoms with Crippen LogP contribution in [0, 0.1) is 0 Å². The number of carbonyl (C=O) groups is 2.